The zero-order valence-corrected chi connectivity index (χ0v) is 41.8. The summed E-state index contributed by atoms with van der Waals surface area (Å²) in [6.45, 7) is 4.40. The number of H-pyrrole nitrogens is 2. The highest BCUT2D eigenvalue weighted by Crippen LogP contribution is 2.38. The first-order valence-electron chi connectivity index (χ1n) is 25.9. The summed E-state index contributed by atoms with van der Waals surface area (Å²) in [5, 5.41) is 22.6. The van der Waals surface area contributed by atoms with E-state index in [2.05, 4.69) is 56.4 Å². The third-order valence-electron chi connectivity index (χ3n) is 15.9. The molecule has 0 unspecified atom stereocenters. The Kier molecular flexibility index (Phi) is 16.8. The summed E-state index contributed by atoms with van der Waals surface area (Å²) in [6, 6.07) is 18.5. The standard InChI is InChI=1S/2C29H30F3N3O3/c2*30-23-15-18(16-24(31)27(23)32)5-6-26(36)34-11-9-20(10-12-34)28(29(37)38)35-13-7-19(8-14-35)22-17-33-25-4-2-1-3-21(22)25/h2*1-6,15-17,19-20,28,33H,7-14H2,(H,37,38)/b2*6-5+/t2*28-/m10/s1. The highest BCUT2D eigenvalue weighted by molar-refractivity contribution is 5.92. The number of aromatic amines is 2. The van der Waals surface area contributed by atoms with E-state index in [0.29, 0.717) is 89.9 Å². The van der Waals surface area contributed by atoms with Crippen LogP contribution in [0.15, 0.2) is 97.3 Å². The van der Waals surface area contributed by atoms with Crippen molar-refractivity contribution in [3.8, 4) is 0 Å². The highest BCUT2D eigenvalue weighted by Gasteiger charge is 2.40. The zero-order valence-electron chi connectivity index (χ0n) is 41.8. The summed E-state index contributed by atoms with van der Waals surface area (Å²) in [7, 11) is 0. The first-order chi connectivity index (χ1) is 36.6. The molecule has 18 heteroatoms. The number of hydrogen-bond acceptors (Lipinski definition) is 6. The van der Waals surface area contributed by atoms with E-state index in [1.165, 1.54) is 46.2 Å². The van der Waals surface area contributed by atoms with E-state index >= 15 is 0 Å². The second-order valence-electron chi connectivity index (χ2n) is 20.4. The number of benzene rings is 4. The van der Waals surface area contributed by atoms with Crippen LogP contribution in [0, 0.1) is 46.7 Å². The number of nitrogens with zero attached hydrogens (tertiary/aromatic N) is 4. The second-order valence-corrected chi connectivity index (χ2v) is 20.4. The van der Waals surface area contributed by atoms with Gasteiger partial charge in [0.15, 0.2) is 34.9 Å². The van der Waals surface area contributed by atoms with Crippen molar-refractivity contribution in [2.45, 2.75) is 75.3 Å². The summed E-state index contributed by atoms with van der Waals surface area (Å²) in [6.07, 6.45) is 14.8. The van der Waals surface area contributed by atoms with Crippen LogP contribution in [0.3, 0.4) is 0 Å². The van der Waals surface area contributed by atoms with Crippen LogP contribution in [0.1, 0.15) is 85.5 Å². The summed E-state index contributed by atoms with van der Waals surface area (Å²) < 4.78 is 79.9. The molecule has 0 aliphatic carbocycles. The Hall–Kier alpha value is -7.18. The van der Waals surface area contributed by atoms with Gasteiger partial charge in [0.25, 0.3) is 0 Å². The Morgan fingerprint density at radius 2 is 0.816 bits per heavy atom. The highest BCUT2D eigenvalue weighted by atomic mass is 19.2. The zero-order chi connectivity index (χ0) is 53.6. The molecule has 12 nitrogen and oxygen atoms in total. The van der Waals surface area contributed by atoms with Crippen molar-refractivity contribution in [1.82, 2.24) is 29.6 Å². The average Bonchev–Trinajstić information content (AvgIpc) is 4.07. The fraction of sp³-hybridized carbons (Fsp3) is 0.379. The van der Waals surface area contributed by atoms with Crippen molar-refractivity contribution in [3.05, 3.63) is 154 Å². The van der Waals surface area contributed by atoms with Gasteiger partial charge in [-0.25, -0.2) is 26.3 Å². The molecule has 0 spiro atoms. The Bertz CT molecular complexity index is 2870. The van der Waals surface area contributed by atoms with Gasteiger partial charge in [-0.05, 0) is 172 Å². The van der Waals surface area contributed by atoms with Gasteiger partial charge in [0.2, 0.25) is 11.8 Å². The third-order valence-corrected chi connectivity index (χ3v) is 15.9. The Balaban J connectivity index is 0.000000186. The fourth-order valence-electron chi connectivity index (χ4n) is 11.9. The predicted molar refractivity (Wildman–Crippen MR) is 276 cm³/mol. The number of halogens is 6. The first-order valence-corrected chi connectivity index (χ1v) is 25.9. The Morgan fingerprint density at radius 1 is 0.487 bits per heavy atom. The number of aliphatic carboxylic acids is 2. The number of fused-ring (bicyclic) bond motifs is 2. The van der Waals surface area contributed by atoms with E-state index in [9.17, 15) is 55.7 Å². The number of carboxylic acid groups (broad SMARTS) is 2. The Morgan fingerprint density at radius 3 is 1.14 bits per heavy atom. The number of amides is 2. The van der Waals surface area contributed by atoms with Crippen molar-refractivity contribution in [3.63, 3.8) is 0 Å². The lowest BCUT2D eigenvalue weighted by Crippen LogP contribution is -2.52. The number of carbonyl (C=O) groups is 4. The van der Waals surface area contributed by atoms with E-state index in [4.69, 9.17) is 0 Å². The normalized spacial score (nSPS) is 18.9. The third kappa shape index (κ3) is 12.1. The molecule has 6 heterocycles. The van der Waals surface area contributed by atoms with Gasteiger partial charge in [0, 0.05) is 72.5 Å². The summed E-state index contributed by atoms with van der Waals surface area (Å²) in [5.41, 5.74) is 4.90. The first kappa shape index (κ1) is 53.6. The number of para-hydroxylation sites is 2. The van der Waals surface area contributed by atoms with E-state index in [1.54, 1.807) is 9.80 Å². The molecule has 10 rings (SSSR count). The van der Waals surface area contributed by atoms with E-state index in [0.717, 1.165) is 61.0 Å². The monoisotopic (exact) mass is 1050 g/mol. The maximum absolute atomic E-state index is 13.4. The molecule has 4 aliphatic rings. The van der Waals surface area contributed by atoms with Gasteiger partial charge >= 0.3 is 11.9 Å². The predicted octanol–water partition coefficient (Wildman–Crippen LogP) is 10.3. The number of rotatable bonds is 12. The van der Waals surface area contributed by atoms with Gasteiger partial charge in [-0.3, -0.25) is 29.0 Å². The number of aromatic nitrogens is 2. The van der Waals surface area contributed by atoms with Crippen LogP contribution < -0.4 is 0 Å². The van der Waals surface area contributed by atoms with Crippen LogP contribution in [0.5, 0.6) is 0 Å². The van der Waals surface area contributed by atoms with Gasteiger partial charge in [-0.1, -0.05) is 36.4 Å². The van der Waals surface area contributed by atoms with Crippen LogP contribution in [0.25, 0.3) is 34.0 Å². The summed E-state index contributed by atoms with van der Waals surface area (Å²) in [4.78, 5) is 63.9. The van der Waals surface area contributed by atoms with E-state index in [1.807, 2.05) is 24.3 Å². The molecule has 4 saturated heterocycles. The Labute approximate surface area is 435 Å². The maximum Gasteiger partial charge on any atom is 0.321 e. The van der Waals surface area contributed by atoms with Crippen LogP contribution in [0.4, 0.5) is 26.3 Å². The smallest absolute Gasteiger partial charge is 0.321 e. The summed E-state index contributed by atoms with van der Waals surface area (Å²) in [5.74, 6) is -10.1. The quantitative estimate of drug-likeness (QED) is 0.0537. The van der Waals surface area contributed by atoms with Crippen molar-refractivity contribution in [2.24, 2.45) is 11.8 Å². The van der Waals surface area contributed by atoms with Gasteiger partial charge < -0.3 is 30.0 Å². The molecule has 2 amide bonds. The minimum Gasteiger partial charge on any atom is -0.480 e. The van der Waals surface area contributed by atoms with Crippen LogP contribution in [-0.4, -0.2) is 128 Å². The van der Waals surface area contributed by atoms with Crippen LogP contribution >= 0.6 is 0 Å². The molecular formula is C58H60F6N6O6. The minimum atomic E-state index is -1.55. The minimum absolute atomic E-state index is 0.0478. The van der Waals surface area contributed by atoms with Gasteiger partial charge in [-0.2, -0.15) is 0 Å². The number of carboxylic acids is 2. The molecule has 76 heavy (non-hydrogen) atoms. The maximum atomic E-state index is 13.4. The van der Waals surface area contributed by atoms with Crippen molar-refractivity contribution >= 4 is 57.7 Å². The molecule has 400 valence electrons. The molecule has 0 saturated carbocycles. The number of carbonyl (C=O) groups excluding carboxylic acids is 2. The lowest BCUT2D eigenvalue weighted by Gasteiger charge is -2.41. The molecule has 4 fully saturated rings. The van der Waals surface area contributed by atoms with Crippen molar-refractivity contribution in [1.29, 1.82) is 0 Å². The molecule has 0 bridgehead atoms. The molecule has 0 radical (unpaired) electrons. The lowest BCUT2D eigenvalue weighted by atomic mass is 9.84. The van der Waals surface area contributed by atoms with E-state index < -0.39 is 58.9 Å². The molecule has 4 aliphatic heterocycles. The van der Waals surface area contributed by atoms with Gasteiger partial charge in [-0.15, -0.1) is 0 Å². The second kappa shape index (κ2) is 23.8. The molecular weight excluding hydrogens is 991 g/mol. The van der Waals surface area contributed by atoms with Crippen molar-refractivity contribution < 1.29 is 55.7 Å². The summed E-state index contributed by atoms with van der Waals surface area (Å²) >= 11 is 0. The molecule has 6 aromatic rings. The number of hydrogen-bond donors (Lipinski definition) is 4. The number of nitrogens with one attached hydrogen (secondary N) is 2. The van der Waals surface area contributed by atoms with Gasteiger partial charge in [0.1, 0.15) is 12.1 Å². The number of piperidine rings is 4. The molecule has 4 N–H and O–H groups in total. The number of likely N-dealkylation sites (tertiary alicyclic amines) is 4. The molecule has 2 aromatic heterocycles. The van der Waals surface area contributed by atoms with E-state index in [-0.39, 0.29) is 34.8 Å². The van der Waals surface area contributed by atoms with Crippen molar-refractivity contribution in [2.75, 3.05) is 52.4 Å². The molecule has 2 atom stereocenters. The van der Waals surface area contributed by atoms with Crippen LogP contribution in [-0.2, 0) is 19.2 Å². The lowest BCUT2D eigenvalue weighted by molar-refractivity contribution is -0.148. The van der Waals surface area contributed by atoms with Gasteiger partial charge in [0.05, 0.1) is 0 Å². The SMILES string of the molecule is O=C(O)[C@@H](C1CCN(C(=O)/C=C/c2cc(F)c(F)c(F)c2)CC1)N1CCC(c2c[nH]c3ccccc23)CC1.O=C(O)[C@H](C1CCN(C(=O)/C=C/c2cc(F)c(F)c(F)c2)CC1)N1CCC(c2c[nH]c3ccccc23)CC1. The van der Waals surface area contributed by atoms with Crippen LogP contribution in [0.2, 0.25) is 0 Å². The largest absolute Gasteiger partial charge is 0.480 e. The topological polar surface area (TPSA) is 153 Å². The average molecular weight is 1050 g/mol. The fourth-order valence-corrected chi connectivity index (χ4v) is 11.9. The molecule has 4 aromatic carbocycles.